The third-order valence-corrected chi connectivity index (χ3v) is 3.52. The average Bonchev–Trinajstić information content (AvgIpc) is 2.43. The minimum absolute atomic E-state index is 0.158. The summed E-state index contributed by atoms with van der Waals surface area (Å²) in [7, 11) is 0. The molecule has 1 heterocycles. The first kappa shape index (κ1) is 16.8. The fraction of sp³-hybridized carbons (Fsp3) is 0.417. The van der Waals surface area contributed by atoms with Crippen molar-refractivity contribution in [3.05, 3.63) is 33.1 Å². The lowest BCUT2D eigenvalue weighted by atomic mass is 9.87. The highest BCUT2D eigenvalue weighted by Gasteiger charge is 2.33. The summed E-state index contributed by atoms with van der Waals surface area (Å²) in [6, 6.07) is 1.16. The lowest BCUT2D eigenvalue weighted by Crippen LogP contribution is -2.40. The van der Waals surface area contributed by atoms with Gasteiger partial charge in [0.1, 0.15) is 5.56 Å². The number of hydrogen-bond acceptors (Lipinski definition) is 5. The molecule has 0 fully saturated rings. The number of nitrogens with one attached hydrogen (secondary N) is 1. The Bertz CT molecular complexity index is 592. The van der Waals surface area contributed by atoms with Crippen LogP contribution in [0.5, 0.6) is 0 Å². The summed E-state index contributed by atoms with van der Waals surface area (Å²) in [5, 5.41) is 22.0. The van der Waals surface area contributed by atoms with E-state index in [9.17, 15) is 19.7 Å². The predicted molar refractivity (Wildman–Crippen MR) is 74.3 cm³/mol. The molecule has 0 aliphatic carbocycles. The molecule has 2 N–H and O–H groups in total. The first-order valence-electron chi connectivity index (χ1n) is 6.03. The predicted octanol–water partition coefficient (Wildman–Crippen LogP) is 1.87. The zero-order valence-corrected chi connectivity index (χ0v) is 12.2. The topological polar surface area (TPSA) is 122 Å². The molecule has 8 nitrogen and oxygen atoms in total. The number of carboxylic acids is 1. The van der Waals surface area contributed by atoms with E-state index in [0.29, 0.717) is 6.42 Å². The van der Waals surface area contributed by atoms with Gasteiger partial charge in [-0.3, -0.25) is 19.7 Å². The van der Waals surface area contributed by atoms with Crippen LogP contribution >= 0.6 is 11.6 Å². The smallest absolute Gasteiger partial charge is 0.319 e. The summed E-state index contributed by atoms with van der Waals surface area (Å²) in [6.45, 7) is 2.99. The van der Waals surface area contributed by atoms with Crippen LogP contribution in [0.3, 0.4) is 0 Å². The summed E-state index contributed by atoms with van der Waals surface area (Å²) in [5.41, 5.74) is -2.02. The highest BCUT2D eigenvalue weighted by molar-refractivity contribution is 6.32. The molecule has 9 heteroatoms. The first-order chi connectivity index (χ1) is 9.73. The van der Waals surface area contributed by atoms with Crippen molar-refractivity contribution in [1.82, 2.24) is 10.3 Å². The van der Waals surface area contributed by atoms with E-state index in [1.165, 1.54) is 13.1 Å². The molecule has 1 unspecified atom stereocenters. The van der Waals surface area contributed by atoms with Crippen molar-refractivity contribution in [1.29, 1.82) is 0 Å². The van der Waals surface area contributed by atoms with Gasteiger partial charge < -0.3 is 10.4 Å². The summed E-state index contributed by atoms with van der Waals surface area (Å²) >= 11 is 5.61. The van der Waals surface area contributed by atoms with Crippen molar-refractivity contribution >= 4 is 29.2 Å². The van der Waals surface area contributed by atoms with Gasteiger partial charge in [0.25, 0.3) is 5.91 Å². The number of pyridine rings is 1. The van der Waals surface area contributed by atoms with E-state index in [0.717, 1.165) is 6.07 Å². The number of carbonyl (C=O) groups is 2. The lowest BCUT2D eigenvalue weighted by molar-refractivity contribution is -0.385. The van der Waals surface area contributed by atoms with Crippen molar-refractivity contribution in [2.75, 3.05) is 6.54 Å². The number of nitro groups is 1. The molecular weight excluding hydrogens is 302 g/mol. The minimum Gasteiger partial charge on any atom is -0.481 e. The largest absolute Gasteiger partial charge is 0.481 e. The number of rotatable bonds is 6. The average molecular weight is 316 g/mol. The first-order valence-corrected chi connectivity index (χ1v) is 6.41. The quantitative estimate of drug-likeness (QED) is 0.469. The second-order valence-corrected chi connectivity index (χ2v) is 5.02. The number of halogens is 1. The Kier molecular flexibility index (Phi) is 5.20. The number of carboxylic acid groups (broad SMARTS) is 1. The molecule has 1 rings (SSSR count). The van der Waals surface area contributed by atoms with Gasteiger partial charge >= 0.3 is 11.7 Å². The summed E-state index contributed by atoms with van der Waals surface area (Å²) in [6.07, 6.45) is 1.46. The molecule has 0 aliphatic rings. The van der Waals surface area contributed by atoms with Crippen LogP contribution in [0, 0.1) is 15.5 Å². The van der Waals surface area contributed by atoms with Gasteiger partial charge in [-0.2, -0.15) is 0 Å². The molecule has 1 amide bonds. The van der Waals surface area contributed by atoms with Gasteiger partial charge in [-0.1, -0.05) is 18.5 Å². The second kappa shape index (κ2) is 6.49. The van der Waals surface area contributed by atoms with Gasteiger partial charge in [0.05, 0.1) is 10.3 Å². The molecule has 0 spiro atoms. The van der Waals surface area contributed by atoms with Crippen LogP contribution in [0.1, 0.15) is 30.6 Å². The zero-order valence-electron chi connectivity index (χ0n) is 11.4. The van der Waals surface area contributed by atoms with E-state index >= 15 is 0 Å². The third-order valence-electron chi connectivity index (χ3n) is 3.24. The number of hydrogen-bond donors (Lipinski definition) is 2. The fourth-order valence-corrected chi connectivity index (χ4v) is 1.73. The van der Waals surface area contributed by atoms with E-state index in [2.05, 4.69) is 10.3 Å². The maximum Gasteiger partial charge on any atom is 0.319 e. The lowest BCUT2D eigenvalue weighted by Gasteiger charge is -2.23. The van der Waals surface area contributed by atoms with Gasteiger partial charge in [0.15, 0.2) is 0 Å². The zero-order chi connectivity index (χ0) is 16.2. The number of nitrogens with zero attached hydrogens (tertiary/aromatic N) is 2. The summed E-state index contributed by atoms with van der Waals surface area (Å²) in [4.78, 5) is 36.8. The Balaban J connectivity index is 2.99. The van der Waals surface area contributed by atoms with Crippen molar-refractivity contribution in [3.8, 4) is 0 Å². The van der Waals surface area contributed by atoms with Crippen molar-refractivity contribution < 1.29 is 19.6 Å². The molecule has 0 saturated heterocycles. The van der Waals surface area contributed by atoms with E-state index in [1.807, 2.05) is 0 Å². The Labute approximate surface area is 125 Å². The highest BCUT2D eigenvalue weighted by Crippen LogP contribution is 2.26. The van der Waals surface area contributed by atoms with Crippen molar-refractivity contribution in [3.63, 3.8) is 0 Å². The normalized spacial score (nSPS) is 13.3. The molecule has 0 aromatic carbocycles. The Hall–Kier alpha value is -2.22. The maximum absolute atomic E-state index is 12.0. The van der Waals surface area contributed by atoms with E-state index < -0.39 is 33.1 Å². The molecule has 0 saturated carbocycles. The van der Waals surface area contributed by atoms with Crippen molar-refractivity contribution in [2.45, 2.75) is 20.3 Å². The highest BCUT2D eigenvalue weighted by atomic mass is 35.5. The molecule has 0 bridgehead atoms. The van der Waals surface area contributed by atoms with Gasteiger partial charge in [-0.25, -0.2) is 4.98 Å². The minimum atomic E-state index is -1.15. The van der Waals surface area contributed by atoms with Crippen LogP contribution in [0.2, 0.25) is 5.15 Å². The van der Waals surface area contributed by atoms with Gasteiger partial charge in [-0.15, -0.1) is 0 Å². The molecule has 114 valence electrons. The van der Waals surface area contributed by atoms with E-state index in [-0.39, 0.29) is 12.1 Å². The van der Waals surface area contributed by atoms with Crippen molar-refractivity contribution in [2.24, 2.45) is 5.41 Å². The van der Waals surface area contributed by atoms with Crippen LogP contribution < -0.4 is 5.32 Å². The van der Waals surface area contributed by atoms with Crippen LogP contribution in [0.15, 0.2) is 12.3 Å². The Morgan fingerprint density at radius 1 is 1.57 bits per heavy atom. The van der Waals surface area contributed by atoms with Gasteiger partial charge in [0, 0.05) is 12.7 Å². The summed E-state index contributed by atoms with van der Waals surface area (Å²) < 4.78 is 0. The van der Waals surface area contributed by atoms with Gasteiger partial charge in [-0.05, 0) is 19.4 Å². The van der Waals surface area contributed by atoms with E-state index in [4.69, 9.17) is 16.7 Å². The molecule has 0 radical (unpaired) electrons. The summed E-state index contributed by atoms with van der Waals surface area (Å²) in [5.74, 6) is -1.83. The standard InChI is InChI=1S/C12H14ClN3O5/c1-3-12(2,11(18)19)6-15-10(17)7-4-5-14-9(13)8(7)16(20)21/h4-5H,3,6H2,1-2H3,(H,15,17)(H,18,19). The SMILES string of the molecule is CCC(C)(CNC(=O)c1ccnc(Cl)c1[N+](=O)[O-])C(=O)O. The monoisotopic (exact) mass is 315 g/mol. The molecule has 0 aliphatic heterocycles. The molecular formula is C12H14ClN3O5. The molecule has 1 atom stereocenters. The molecule has 21 heavy (non-hydrogen) atoms. The number of carbonyl (C=O) groups excluding carboxylic acids is 1. The van der Waals surface area contributed by atoms with Crippen LogP contribution in [-0.2, 0) is 4.79 Å². The third kappa shape index (κ3) is 3.66. The van der Waals surface area contributed by atoms with Crippen LogP contribution in [0.25, 0.3) is 0 Å². The van der Waals surface area contributed by atoms with Gasteiger partial charge in [0.2, 0.25) is 5.15 Å². The van der Waals surface area contributed by atoms with E-state index in [1.54, 1.807) is 6.92 Å². The van der Waals surface area contributed by atoms with Crippen LogP contribution in [-0.4, -0.2) is 33.4 Å². The Morgan fingerprint density at radius 2 is 2.19 bits per heavy atom. The molecule has 1 aromatic rings. The number of aromatic nitrogens is 1. The number of amides is 1. The second-order valence-electron chi connectivity index (χ2n) is 4.66. The Morgan fingerprint density at radius 3 is 2.67 bits per heavy atom. The fourth-order valence-electron chi connectivity index (χ4n) is 1.51. The molecule has 1 aromatic heterocycles. The number of aliphatic carboxylic acids is 1. The maximum atomic E-state index is 12.0. The van der Waals surface area contributed by atoms with Crippen LogP contribution in [0.4, 0.5) is 5.69 Å².